The van der Waals surface area contributed by atoms with Crippen LogP contribution in [0.5, 0.6) is 0 Å². The van der Waals surface area contributed by atoms with Crippen molar-refractivity contribution < 1.29 is 13.2 Å². The Morgan fingerprint density at radius 2 is 2.26 bits per heavy atom. The number of nitrogens with two attached hydrogens (primary N) is 2. The highest BCUT2D eigenvalue weighted by molar-refractivity contribution is 7.89. The molecular weight excluding hydrogens is 270 g/mol. The zero-order valence-electron chi connectivity index (χ0n) is 10.6. The van der Waals surface area contributed by atoms with Gasteiger partial charge in [0.2, 0.25) is 15.9 Å². The standard InChI is InChI=1S/C10H17N5O3S/c1-2-14-6-8(9(11)13-14)19(17,18)15-4-3-7(5-15)10(12)16/h6-7H,2-5H2,1H3,(H2,11,13)(H2,12,16). The zero-order valence-corrected chi connectivity index (χ0v) is 11.4. The highest BCUT2D eigenvalue weighted by Crippen LogP contribution is 2.26. The number of anilines is 1. The molecule has 1 atom stereocenters. The van der Waals surface area contributed by atoms with Crippen LogP contribution in [0.25, 0.3) is 0 Å². The summed E-state index contributed by atoms with van der Waals surface area (Å²) in [4.78, 5) is 11.1. The second-order valence-electron chi connectivity index (χ2n) is 4.49. The third-order valence-corrected chi connectivity index (χ3v) is 5.13. The van der Waals surface area contributed by atoms with Crippen LogP contribution < -0.4 is 11.5 Å². The number of amides is 1. The van der Waals surface area contributed by atoms with E-state index in [1.54, 1.807) is 0 Å². The fourth-order valence-electron chi connectivity index (χ4n) is 2.10. The summed E-state index contributed by atoms with van der Waals surface area (Å²) in [5, 5.41) is 3.92. The van der Waals surface area contributed by atoms with Gasteiger partial charge in [0.1, 0.15) is 4.90 Å². The fraction of sp³-hybridized carbons (Fsp3) is 0.600. The Balaban J connectivity index is 2.28. The van der Waals surface area contributed by atoms with E-state index in [0.717, 1.165) is 0 Å². The Morgan fingerprint density at radius 1 is 1.58 bits per heavy atom. The van der Waals surface area contributed by atoms with Crippen molar-refractivity contribution in [1.29, 1.82) is 0 Å². The smallest absolute Gasteiger partial charge is 0.248 e. The molecule has 1 aliphatic rings. The molecule has 1 aliphatic heterocycles. The number of hydrogen-bond acceptors (Lipinski definition) is 5. The molecule has 1 aromatic rings. The Morgan fingerprint density at radius 3 is 2.74 bits per heavy atom. The maximum atomic E-state index is 12.4. The molecule has 8 nitrogen and oxygen atoms in total. The molecule has 0 saturated carbocycles. The molecule has 1 aromatic heterocycles. The number of nitrogen functional groups attached to an aromatic ring is 1. The van der Waals surface area contributed by atoms with E-state index in [1.807, 2.05) is 6.92 Å². The van der Waals surface area contributed by atoms with Crippen LogP contribution in [0.1, 0.15) is 13.3 Å². The van der Waals surface area contributed by atoms with Crippen molar-refractivity contribution in [3.05, 3.63) is 6.20 Å². The van der Waals surface area contributed by atoms with Crippen molar-refractivity contribution in [2.45, 2.75) is 24.8 Å². The molecule has 2 rings (SSSR count). The average molecular weight is 287 g/mol. The second kappa shape index (κ2) is 4.82. The van der Waals surface area contributed by atoms with Crippen molar-refractivity contribution in [1.82, 2.24) is 14.1 Å². The molecule has 0 spiro atoms. The lowest BCUT2D eigenvalue weighted by Gasteiger charge is -2.14. The van der Waals surface area contributed by atoms with E-state index < -0.39 is 21.8 Å². The van der Waals surface area contributed by atoms with Crippen molar-refractivity contribution in [2.75, 3.05) is 18.8 Å². The lowest BCUT2D eigenvalue weighted by molar-refractivity contribution is -0.121. The number of aryl methyl sites for hydroxylation is 1. The molecule has 9 heteroatoms. The van der Waals surface area contributed by atoms with E-state index in [9.17, 15) is 13.2 Å². The van der Waals surface area contributed by atoms with Crippen LogP contribution in [0.4, 0.5) is 5.82 Å². The number of carbonyl (C=O) groups excluding carboxylic acids is 1. The molecule has 0 radical (unpaired) electrons. The van der Waals surface area contributed by atoms with E-state index in [0.29, 0.717) is 13.0 Å². The normalized spacial score (nSPS) is 20.8. The van der Waals surface area contributed by atoms with Crippen molar-refractivity contribution >= 4 is 21.7 Å². The lowest BCUT2D eigenvalue weighted by atomic mass is 10.1. The number of rotatable bonds is 4. The van der Waals surface area contributed by atoms with Crippen LogP contribution in [0.2, 0.25) is 0 Å². The molecular formula is C10H17N5O3S. The predicted octanol–water partition coefficient (Wildman–Crippen LogP) is -1.02. The van der Waals surface area contributed by atoms with Gasteiger partial charge in [0.25, 0.3) is 0 Å². The number of sulfonamides is 1. The van der Waals surface area contributed by atoms with Gasteiger partial charge in [-0.3, -0.25) is 9.48 Å². The molecule has 1 fully saturated rings. The van der Waals surface area contributed by atoms with Crippen molar-refractivity contribution in [3.63, 3.8) is 0 Å². The molecule has 2 heterocycles. The van der Waals surface area contributed by atoms with Gasteiger partial charge in [-0.25, -0.2) is 8.42 Å². The van der Waals surface area contributed by atoms with Gasteiger partial charge < -0.3 is 11.5 Å². The van der Waals surface area contributed by atoms with Gasteiger partial charge in [0, 0.05) is 25.8 Å². The molecule has 1 saturated heterocycles. The van der Waals surface area contributed by atoms with E-state index in [-0.39, 0.29) is 23.8 Å². The van der Waals surface area contributed by atoms with Crippen LogP contribution in [0.15, 0.2) is 11.1 Å². The highest BCUT2D eigenvalue weighted by atomic mass is 32.2. The van der Waals surface area contributed by atoms with Crippen LogP contribution in [-0.4, -0.2) is 41.5 Å². The summed E-state index contributed by atoms with van der Waals surface area (Å²) >= 11 is 0. The number of primary amides is 1. The van der Waals surface area contributed by atoms with Crippen LogP contribution in [-0.2, 0) is 21.4 Å². The summed E-state index contributed by atoms with van der Waals surface area (Å²) in [7, 11) is -3.71. The quantitative estimate of drug-likeness (QED) is 0.733. The Hall–Kier alpha value is -1.61. The first-order valence-corrected chi connectivity index (χ1v) is 7.42. The van der Waals surface area contributed by atoms with E-state index in [4.69, 9.17) is 11.5 Å². The van der Waals surface area contributed by atoms with Gasteiger partial charge in [-0.1, -0.05) is 0 Å². The molecule has 1 amide bonds. The predicted molar refractivity (Wildman–Crippen MR) is 68.4 cm³/mol. The van der Waals surface area contributed by atoms with Gasteiger partial charge in [-0.15, -0.1) is 0 Å². The van der Waals surface area contributed by atoms with E-state index in [1.165, 1.54) is 15.2 Å². The summed E-state index contributed by atoms with van der Waals surface area (Å²) in [6.45, 7) is 2.74. The molecule has 106 valence electrons. The summed E-state index contributed by atoms with van der Waals surface area (Å²) < 4.78 is 27.5. The van der Waals surface area contributed by atoms with Crippen molar-refractivity contribution in [2.24, 2.45) is 11.7 Å². The SMILES string of the molecule is CCn1cc(S(=O)(=O)N2CCC(C(N)=O)C2)c(N)n1. The van der Waals surface area contributed by atoms with E-state index >= 15 is 0 Å². The summed E-state index contributed by atoms with van der Waals surface area (Å²) in [6.07, 6.45) is 1.85. The minimum atomic E-state index is -3.71. The maximum absolute atomic E-state index is 12.4. The average Bonchev–Trinajstić information content (AvgIpc) is 2.95. The third kappa shape index (κ3) is 2.43. The summed E-state index contributed by atoms with van der Waals surface area (Å²) in [5.74, 6) is -0.934. The van der Waals surface area contributed by atoms with Gasteiger partial charge in [0.15, 0.2) is 5.82 Å². The largest absolute Gasteiger partial charge is 0.381 e. The van der Waals surface area contributed by atoms with Gasteiger partial charge in [0.05, 0.1) is 5.92 Å². The van der Waals surface area contributed by atoms with Crippen molar-refractivity contribution in [3.8, 4) is 0 Å². The van der Waals surface area contributed by atoms with Gasteiger partial charge in [-0.05, 0) is 13.3 Å². The minimum Gasteiger partial charge on any atom is -0.381 e. The maximum Gasteiger partial charge on any atom is 0.248 e. The monoisotopic (exact) mass is 287 g/mol. The minimum absolute atomic E-state index is 0.0144. The Bertz CT molecular complexity index is 594. The lowest BCUT2D eigenvalue weighted by Crippen LogP contribution is -2.32. The Labute approximate surface area is 111 Å². The second-order valence-corrected chi connectivity index (χ2v) is 6.39. The molecule has 0 aliphatic carbocycles. The highest BCUT2D eigenvalue weighted by Gasteiger charge is 2.36. The van der Waals surface area contributed by atoms with E-state index in [2.05, 4.69) is 5.10 Å². The van der Waals surface area contributed by atoms with Gasteiger partial charge >= 0.3 is 0 Å². The first-order valence-electron chi connectivity index (χ1n) is 5.98. The molecule has 1 unspecified atom stereocenters. The summed E-state index contributed by atoms with van der Waals surface area (Å²) in [6, 6.07) is 0. The molecule has 19 heavy (non-hydrogen) atoms. The fourth-order valence-corrected chi connectivity index (χ4v) is 3.66. The van der Waals surface area contributed by atoms with Crippen LogP contribution >= 0.6 is 0 Å². The first kappa shape index (κ1) is 13.8. The zero-order chi connectivity index (χ0) is 14.2. The van der Waals surface area contributed by atoms with Crippen LogP contribution in [0, 0.1) is 5.92 Å². The first-order chi connectivity index (χ1) is 8.86. The third-order valence-electron chi connectivity index (χ3n) is 3.25. The topological polar surface area (TPSA) is 124 Å². The number of carbonyl (C=O) groups is 1. The summed E-state index contributed by atoms with van der Waals surface area (Å²) in [5.41, 5.74) is 10.8. The Kier molecular flexibility index (Phi) is 3.50. The van der Waals surface area contributed by atoms with Crippen LogP contribution in [0.3, 0.4) is 0 Å². The number of aromatic nitrogens is 2. The number of nitrogens with zero attached hydrogens (tertiary/aromatic N) is 3. The molecule has 4 N–H and O–H groups in total. The van der Waals surface area contributed by atoms with Gasteiger partial charge in [-0.2, -0.15) is 9.40 Å². The molecule has 0 aromatic carbocycles. The molecule has 0 bridgehead atoms. The number of hydrogen-bond donors (Lipinski definition) is 2.